The van der Waals surface area contributed by atoms with E-state index in [0.717, 1.165) is 39.9 Å². The standard InChI is InChI=1S/C22H20Br2N2O/c1-27-22-6-3-2-5-19(22)25-11-4-12-26-20-9-7-15(23)13-17(20)18-14-16(24)8-10-21(18)26/h2-3,5-10,13-14,25H,4,11-12H2,1H3. The predicted octanol–water partition coefficient (Wildman–Crippen LogP) is 6.83. The van der Waals surface area contributed by atoms with Crippen LogP contribution in [-0.4, -0.2) is 18.2 Å². The highest BCUT2D eigenvalue weighted by Gasteiger charge is 2.11. The molecule has 0 aliphatic rings. The van der Waals surface area contributed by atoms with Crippen molar-refractivity contribution in [1.29, 1.82) is 0 Å². The zero-order valence-electron chi connectivity index (χ0n) is 15.0. The van der Waals surface area contributed by atoms with E-state index in [2.05, 4.69) is 78.1 Å². The molecule has 138 valence electrons. The van der Waals surface area contributed by atoms with Gasteiger partial charge in [-0.05, 0) is 55.0 Å². The first-order chi connectivity index (χ1) is 13.2. The highest BCUT2D eigenvalue weighted by Crippen LogP contribution is 2.33. The largest absolute Gasteiger partial charge is 0.495 e. The minimum absolute atomic E-state index is 0.879. The van der Waals surface area contributed by atoms with Gasteiger partial charge in [0.25, 0.3) is 0 Å². The van der Waals surface area contributed by atoms with Crippen molar-refractivity contribution >= 4 is 59.4 Å². The summed E-state index contributed by atoms with van der Waals surface area (Å²) >= 11 is 7.21. The van der Waals surface area contributed by atoms with E-state index in [9.17, 15) is 0 Å². The van der Waals surface area contributed by atoms with Gasteiger partial charge < -0.3 is 14.6 Å². The maximum atomic E-state index is 5.41. The van der Waals surface area contributed by atoms with Crippen LogP contribution in [0.25, 0.3) is 21.8 Å². The van der Waals surface area contributed by atoms with Gasteiger partial charge in [-0.1, -0.05) is 44.0 Å². The molecule has 0 saturated carbocycles. The summed E-state index contributed by atoms with van der Waals surface area (Å²) in [7, 11) is 1.70. The van der Waals surface area contributed by atoms with E-state index in [1.165, 1.54) is 21.8 Å². The molecule has 1 aromatic heterocycles. The summed E-state index contributed by atoms with van der Waals surface area (Å²) in [5, 5.41) is 6.04. The van der Waals surface area contributed by atoms with Crippen LogP contribution >= 0.6 is 31.9 Å². The maximum absolute atomic E-state index is 5.41. The SMILES string of the molecule is COc1ccccc1NCCCn1c2ccc(Br)cc2c2cc(Br)ccc21. The van der Waals surface area contributed by atoms with Crippen LogP contribution in [0.3, 0.4) is 0 Å². The van der Waals surface area contributed by atoms with Gasteiger partial charge in [-0.2, -0.15) is 0 Å². The number of benzene rings is 3. The molecule has 4 rings (SSSR count). The van der Waals surface area contributed by atoms with Crippen LogP contribution in [0.1, 0.15) is 6.42 Å². The van der Waals surface area contributed by atoms with Gasteiger partial charge in [-0.25, -0.2) is 0 Å². The third-order valence-corrected chi connectivity index (χ3v) is 5.76. The molecule has 0 radical (unpaired) electrons. The molecular formula is C22H20Br2N2O. The smallest absolute Gasteiger partial charge is 0.141 e. The Kier molecular flexibility index (Phi) is 5.41. The van der Waals surface area contributed by atoms with Crippen molar-refractivity contribution < 1.29 is 4.74 Å². The Bertz CT molecular complexity index is 1050. The normalized spacial score (nSPS) is 11.2. The van der Waals surface area contributed by atoms with Crippen molar-refractivity contribution in [3.8, 4) is 5.75 Å². The molecule has 0 spiro atoms. The van der Waals surface area contributed by atoms with Crippen LogP contribution in [0.2, 0.25) is 0 Å². The van der Waals surface area contributed by atoms with Gasteiger partial charge in [-0.3, -0.25) is 0 Å². The van der Waals surface area contributed by atoms with E-state index < -0.39 is 0 Å². The molecule has 0 saturated heterocycles. The van der Waals surface area contributed by atoms with E-state index >= 15 is 0 Å². The fourth-order valence-electron chi connectivity index (χ4n) is 3.54. The quantitative estimate of drug-likeness (QED) is 0.301. The highest BCUT2D eigenvalue weighted by molar-refractivity contribution is 9.10. The van der Waals surface area contributed by atoms with Crippen molar-refractivity contribution in [1.82, 2.24) is 4.57 Å². The number of fused-ring (bicyclic) bond motifs is 3. The number of ether oxygens (including phenoxy) is 1. The van der Waals surface area contributed by atoms with Crippen LogP contribution in [0.5, 0.6) is 5.75 Å². The summed E-state index contributed by atoms with van der Waals surface area (Å²) in [6.45, 7) is 1.83. The number of nitrogens with one attached hydrogen (secondary N) is 1. The molecule has 0 bridgehead atoms. The number of para-hydroxylation sites is 2. The molecule has 1 heterocycles. The van der Waals surface area contributed by atoms with Gasteiger partial charge in [0.15, 0.2) is 0 Å². The van der Waals surface area contributed by atoms with E-state index in [4.69, 9.17) is 4.74 Å². The molecule has 27 heavy (non-hydrogen) atoms. The van der Waals surface area contributed by atoms with Gasteiger partial charge >= 0.3 is 0 Å². The van der Waals surface area contributed by atoms with Crippen molar-refractivity contribution in [2.24, 2.45) is 0 Å². The lowest BCUT2D eigenvalue weighted by atomic mass is 10.2. The van der Waals surface area contributed by atoms with Gasteiger partial charge in [0, 0.05) is 43.8 Å². The Morgan fingerprint density at radius 3 is 2.15 bits per heavy atom. The maximum Gasteiger partial charge on any atom is 0.141 e. The van der Waals surface area contributed by atoms with Gasteiger partial charge in [-0.15, -0.1) is 0 Å². The second-order valence-electron chi connectivity index (χ2n) is 6.46. The summed E-state index contributed by atoms with van der Waals surface area (Å²) < 4.78 is 10.0. The number of aromatic nitrogens is 1. The van der Waals surface area contributed by atoms with E-state index in [1.54, 1.807) is 7.11 Å². The molecule has 0 amide bonds. The van der Waals surface area contributed by atoms with Crippen LogP contribution in [0.4, 0.5) is 5.69 Å². The molecule has 0 unspecified atom stereocenters. The summed E-state index contributed by atoms with van der Waals surface area (Å²) in [5.74, 6) is 0.879. The average Bonchev–Trinajstić information content (AvgIpc) is 2.98. The minimum Gasteiger partial charge on any atom is -0.495 e. The summed E-state index contributed by atoms with van der Waals surface area (Å²) in [6.07, 6.45) is 1.02. The number of aryl methyl sites for hydroxylation is 1. The topological polar surface area (TPSA) is 26.2 Å². The van der Waals surface area contributed by atoms with Crippen molar-refractivity contribution in [3.63, 3.8) is 0 Å². The summed E-state index contributed by atoms with van der Waals surface area (Å²) in [5.41, 5.74) is 3.57. The molecule has 5 heteroatoms. The second kappa shape index (κ2) is 7.95. The minimum atomic E-state index is 0.879. The fourth-order valence-corrected chi connectivity index (χ4v) is 4.26. The lowest BCUT2D eigenvalue weighted by Crippen LogP contribution is -2.07. The molecule has 0 aliphatic heterocycles. The zero-order valence-corrected chi connectivity index (χ0v) is 18.2. The van der Waals surface area contributed by atoms with Crippen LogP contribution in [-0.2, 0) is 6.54 Å². The number of halogens is 2. The third-order valence-electron chi connectivity index (χ3n) is 4.77. The Labute approximate surface area is 175 Å². The number of nitrogens with zero attached hydrogens (tertiary/aromatic N) is 1. The number of hydrogen-bond donors (Lipinski definition) is 1. The zero-order chi connectivity index (χ0) is 18.8. The molecule has 4 aromatic rings. The van der Waals surface area contributed by atoms with Crippen LogP contribution in [0.15, 0.2) is 69.6 Å². The van der Waals surface area contributed by atoms with E-state index in [1.807, 2.05) is 24.3 Å². The monoisotopic (exact) mass is 486 g/mol. The van der Waals surface area contributed by atoms with Gasteiger partial charge in [0.1, 0.15) is 5.75 Å². The van der Waals surface area contributed by atoms with Crippen LogP contribution in [0, 0.1) is 0 Å². The van der Waals surface area contributed by atoms with E-state index in [0.29, 0.717) is 0 Å². The first-order valence-electron chi connectivity index (χ1n) is 8.91. The highest BCUT2D eigenvalue weighted by atomic mass is 79.9. The number of anilines is 1. The summed E-state index contributed by atoms with van der Waals surface area (Å²) in [4.78, 5) is 0. The molecule has 0 aliphatic carbocycles. The van der Waals surface area contributed by atoms with Gasteiger partial charge in [0.2, 0.25) is 0 Å². The Balaban J connectivity index is 1.58. The Morgan fingerprint density at radius 1 is 0.889 bits per heavy atom. The Hall–Kier alpha value is -1.98. The van der Waals surface area contributed by atoms with Crippen molar-refractivity contribution in [3.05, 3.63) is 69.6 Å². The first kappa shape index (κ1) is 18.4. The molecule has 3 aromatic carbocycles. The fraction of sp³-hybridized carbons (Fsp3) is 0.182. The number of methoxy groups -OCH3 is 1. The molecule has 0 atom stereocenters. The first-order valence-corrected chi connectivity index (χ1v) is 10.5. The second-order valence-corrected chi connectivity index (χ2v) is 8.29. The third kappa shape index (κ3) is 3.71. The number of hydrogen-bond acceptors (Lipinski definition) is 2. The lowest BCUT2D eigenvalue weighted by Gasteiger charge is -2.12. The predicted molar refractivity (Wildman–Crippen MR) is 121 cm³/mol. The molecule has 3 nitrogen and oxygen atoms in total. The molecular weight excluding hydrogens is 468 g/mol. The van der Waals surface area contributed by atoms with Crippen LogP contribution < -0.4 is 10.1 Å². The molecule has 0 fully saturated rings. The van der Waals surface area contributed by atoms with E-state index in [-0.39, 0.29) is 0 Å². The lowest BCUT2D eigenvalue weighted by molar-refractivity contribution is 0.416. The van der Waals surface area contributed by atoms with Crippen molar-refractivity contribution in [2.45, 2.75) is 13.0 Å². The molecule has 1 N–H and O–H groups in total. The van der Waals surface area contributed by atoms with Crippen molar-refractivity contribution in [2.75, 3.05) is 19.0 Å². The number of rotatable bonds is 6. The van der Waals surface area contributed by atoms with Gasteiger partial charge in [0.05, 0.1) is 12.8 Å². The average molecular weight is 488 g/mol. The summed E-state index contributed by atoms with van der Waals surface area (Å²) in [6, 6.07) is 21.0. The Morgan fingerprint density at radius 2 is 1.52 bits per heavy atom.